The molecule has 1 aliphatic rings. The first-order valence-electron chi connectivity index (χ1n) is 9.05. The van der Waals surface area contributed by atoms with Crippen molar-refractivity contribution in [2.75, 3.05) is 20.8 Å². The maximum absolute atomic E-state index is 12.1. The topological polar surface area (TPSA) is 79.8 Å². The van der Waals surface area contributed by atoms with Crippen LogP contribution in [0.25, 0.3) is 0 Å². The highest BCUT2D eigenvalue weighted by atomic mass is 16.5. The van der Waals surface area contributed by atoms with Gasteiger partial charge in [0.15, 0.2) is 11.5 Å². The van der Waals surface area contributed by atoms with Gasteiger partial charge in [-0.15, -0.1) is 0 Å². The SMILES string of the molecule is COc1ccc(CNC(=O)NCC2(O)CCc3ccccc3C2)cc1OC. The van der Waals surface area contributed by atoms with E-state index in [2.05, 4.69) is 16.7 Å². The van der Waals surface area contributed by atoms with Crippen molar-refractivity contribution in [1.82, 2.24) is 10.6 Å². The molecule has 3 rings (SSSR count). The molecule has 6 nitrogen and oxygen atoms in total. The summed E-state index contributed by atoms with van der Waals surface area (Å²) in [5.41, 5.74) is 2.42. The van der Waals surface area contributed by atoms with Crippen molar-refractivity contribution in [3.05, 3.63) is 59.2 Å². The van der Waals surface area contributed by atoms with Gasteiger partial charge in [0.05, 0.1) is 19.8 Å². The van der Waals surface area contributed by atoms with E-state index in [9.17, 15) is 9.90 Å². The molecule has 0 aromatic heterocycles. The lowest BCUT2D eigenvalue weighted by molar-refractivity contribution is 0.0291. The van der Waals surface area contributed by atoms with Crippen LogP contribution in [0.2, 0.25) is 0 Å². The van der Waals surface area contributed by atoms with Crippen LogP contribution in [0.3, 0.4) is 0 Å². The zero-order chi connectivity index (χ0) is 19.3. The summed E-state index contributed by atoms with van der Waals surface area (Å²) in [7, 11) is 3.16. The van der Waals surface area contributed by atoms with Gasteiger partial charge in [-0.3, -0.25) is 0 Å². The predicted octanol–water partition coefficient (Wildman–Crippen LogP) is 2.42. The predicted molar refractivity (Wildman–Crippen MR) is 103 cm³/mol. The van der Waals surface area contributed by atoms with Gasteiger partial charge in [0.2, 0.25) is 0 Å². The second kappa shape index (κ2) is 8.31. The van der Waals surface area contributed by atoms with Gasteiger partial charge in [-0.05, 0) is 41.7 Å². The minimum absolute atomic E-state index is 0.221. The third kappa shape index (κ3) is 4.71. The summed E-state index contributed by atoms with van der Waals surface area (Å²) in [6.45, 7) is 0.576. The van der Waals surface area contributed by atoms with Crippen molar-refractivity contribution in [3.8, 4) is 11.5 Å². The van der Waals surface area contributed by atoms with Crippen LogP contribution in [0, 0.1) is 0 Å². The first-order chi connectivity index (χ1) is 13.0. The van der Waals surface area contributed by atoms with Gasteiger partial charge in [-0.2, -0.15) is 0 Å². The Balaban J connectivity index is 1.50. The molecule has 0 bridgehead atoms. The zero-order valence-corrected chi connectivity index (χ0v) is 15.7. The first-order valence-corrected chi connectivity index (χ1v) is 9.05. The zero-order valence-electron chi connectivity index (χ0n) is 15.7. The molecule has 1 aliphatic carbocycles. The van der Waals surface area contributed by atoms with E-state index in [0.717, 1.165) is 17.5 Å². The number of urea groups is 1. The lowest BCUT2D eigenvalue weighted by Crippen LogP contribution is -2.49. The average Bonchev–Trinajstić information content (AvgIpc) is 2.70. The Morgan fingerprint density at radius 1 is 1.07 bits per heavy atom. The summed E-state index contributed by atoms with van der Waals surface area (Å²) >= 11 is 0. The molecule has 2 aromatic carbocycles. The molecule has 0 radical (unpaired) electrons. The summed E-state index contributed by atoms with van der Waals surface area (Å²) in [4.78, 5) is 12.1. The van der Waals surface area contributed by atoms with Crippen LogP contribution in [0.5, 0.6) is 11.5 Å². The molecular formula is C21H26N2O4. The minimum Gasteiger partial charge on any atom is -0.493 e. The number of hydrogen-bond acceptors (Lipinski definition) is 4. The first kappa shape index (κ1) is 19.0. The number of aryl methyl sites for hydroxylation is 1. The van der Waals surface area contributed by atoms with Gasteiger partial charge in [-0.1, -0.05) is 30.3 Å². The molecule has 1 unspecified atom stereocenters. The van der Waals surface area contributed by atoms with E-state index in [1.165, 1.54) is 5.56 Å². The van der Waals surface area contributed by atoms with Gasteiger partial charge in [0.1, 0.15) is 0 Å². The van der Waals surface area contributed by atoms with E-state index in [0.29, 0.717) is 30.9 Å². The molecule has 6 heteroatoms. The molecule has 144 valence electrons. The summed E-state index contributed by atoms with van der Waals surface area (Å²) in [5, 5.41) is 16.4. The Kier molecular flexibility index (Phi) is 5.86. The fraction of sp³-hybridized carbons (Fsp3) is 0.381. The van der Waals surface area contributed by atoms with Crippen LogP contribution in [0.1, 0.15) is 23.1 Å². The minimum atomic E-state index is -0.908. The molecule has 0 heterocycles. The monoisotopic (exact) mass is 370 g/mol. The largest absolute Gasteiger partial charge is 0.493 e. The quantitative estimate of drug-likeness (QED) is 0.730. The van der Waals surface area contributed by atoms with Crippen molar-refractivity contribution in [2.45, 2.75) is 31.4 Å². The van der Waals surface area contributed by atoms with Gasteiger partial charge >= 0.3 is 6.03 Å². The fourth-order valence-corrected chi connectivity index (χ4v) is 3.42. The Bertz CT molecular complexity index is 809. The molecule has 0 saturated heterocycles. The summed E-state index contributed by atoms with van der Waals surface area (Å²) < 4.78 is 10.5. The Morgan fingerprint density at radius 3 is 2.56 bits per heavy atom. The van der Waals surface area contributed by atoms with Crippen molar-refractivity contribution in [3.63, 3.8) is 0 Å². The standard InChI is InChI=1S/C21H26N2O4/c1-26-18-8-7-15(11-19(18)27-2)13-22-20(24)23-14-21(25)10-9-16-5-3-4-6-17(16)12-21/h3-8,11,25H,9-10,12-14H2,1-2H3,(H2,22,23,24). The summed E-state index contributed by atoms with van der Waals surface area (Å²) in [6.07, 6.45) is 2.01. The van der Waals surface area contributed by atoms with Crippen LogP contribution in [0.15, 0.2) is 42.5 Å². The average molecular weight is 370 g/mol. The Hall–Kier alpha value is -2.73. The number of amides is 2. The lowest BCUT2D eigenvalue weighted by Gasteiger charge is -2.33. The van der Waals surface area contributed by atoms with Gasteiger partial charge in [0.25, 0.3) is 0 Å². The summed E-state index contributed by atoms with van der Waals surface area (Å²) in [6, 6.07) is 13.3. The van der Waals surface area contributed by atoms with E-state index in [1.54, 1.807) is 20.3 Å². The van der Waals surface area contributed by atoms with Crippen LogP contribution >= 0.6 is 0 Å². The number of aliphatic hydroxyl groups is 1. The number of rotatable bonds is 6. The Labute approximate surface area is 159 Å². The molecular weight excluding hydrogens is 344 g/mol. The smallest absolute Gasteiger partial charge is 0.315 e. The number of carbonyl (C=O) groups excluding carboxylic acids is 1. The number of carbonyl (C=O) groups is 1. The molecule has 2 amide bonds. The second-order valence-corrected chi connectivity index (χ2v) is 6.90. The maximum Gasteiger partial charge on any atom is 0.315 e. The van der Waals surface area contributed by atoms with Crippen LogP contribution < -0.4 is 20.1 Å². The molecule has 2 aromatic rings. The maximum atomic E-state index is 12.1. The van der Waals surface area contributed by atoms with Crippen LogP contribution in [0.4, 0.5) is 4.79 Å². The normalized spacial score (nSPS) is 18.3. The van der Waals surface area contributed by atoms with Crippen molar-refractivity contribution in [2.24, 2.45) is 0 Å². The van der Waals surface area contributed by atoms with Crippen molar-refractivity contribution < 1.29 is 19.4 Å². The van der Waals surface area contributed by atoms with Crippen LogP contribution in [-0.2, 0) is 19.4 Å². The summed E-state index contributed by atoms with van der Waals surface area (Å²) in [5.74, 6) is 1.26. The number of ether oxygens (including phenoxy) is 2. The third-order valence-corrected chi connectivity index (χ3v) is 4.98. The molecule has 1 atom stereocenters. The fourth-order valence-electron chi connectivity index (χ4n) is 3.42. The van der Waals surface area contributed by atoms with E-state index in [4.69, 9.17) is 9.47 Å². The molecule has 3 N–H and O–H groups in total. The second-order valence-electron chi connectivity index (χ2n) is 6.90. The third-order valence-electron chi connectivity index (χ3n) is 4.98. The molecule has 27 heavy (non-hydrogen) atoms. The number of fused-ring (bicyclic) bond motifs is 1. The number of nitrogens with one attached hydrogen (secondary N) is 2. The lowest BCUT2D eigenvalue weighted by atomic mass is 9.80. The van der Waals surface area contributed by atoms with Crippen molar-refractivity contribution in [1.29, 1.82) is 0 Å². The number of hydrogen-bond donors (Lipinski definition) is 3. The van der Waals surface area contributed by atoms with Gasteiger partial charge in [-0.25, -0.2) is 4.79 Å². The highest BCUT2D eigenvalue weighted by molar-refractivity contribution is 5.74. The highest BCUT2D eigenvalue weighted by Gasteiger charge is 2.32. The Morgan fingerprint density at radius 2 is 1.81 bits per heavy atom. The van der Waals surface area contributed by atoms with Crippen molar-refractivity contribution >= 4 is 6.03 Å². The van der Waals surface area contributed by atoms with E-state index in [1.807, 2.05) is 30.3 Å². The van der Waals surface area contributed by atoms with E-state index < -0.39 is 5.60 Å². The number of methoxy groups -OCH3 is 2. The molecule has 0 saturated carbocycles. The molecule has 0 spiro atoms. The van der Waals surface area contributed by atoms with Crippen LogP contribution in [-0.4, -0.2) is 37.5 Å². The van der Waals surface area contributed by atoms with E-state index >= 15 is 0 Å². The van der Waals surface area contributed by atoms with Gasteiger partial charge in [0, 0.05) is 19.5 Å². The molecule has 0 aliphatic heterocycles. The van der Waals surface area contributed by atoms with Gasteiger partial charge < -0.3 is 25.2 Å². The van der Waals surface area contributed by atoms with E-state index in [-0.39, 0.29) is 12.6 Å². The number of benzene rings is 2. The highest BCUT2D eigenvalue weighted by Crippen LogP contribution is 2.28. The molecule has 0 fully saturated rings.